The molecule has 130 valence electrons. The Labute approximate surface area is 142 Å². The largest absolute Gasteiger partial charge is 0.492 e. The molecule has 0 spiro atoms. The van der Waals surface area contributed by atoms with Gasteiger partial charge in [0.15, 0.2) is 0 Å². The summed E-state index contributed by atoms with van der Waals surface area (Å²) in [7, 11) is 0. The molecule has 2 aliphatic rings. The molecule has 24 heavy (non-hydrogen) atoms. The summed E-state index contributed by atoms with van der Waals surface area (Å²) in [6, 6.07) is 7.35. The molecule has 0 aromatic heterocycles. The second kappa shape index (κ2) is 7.66. The van der Waals surface area contributed by atoms with Crippen LogP contribution in [0, 0.1) is 0 Å². The number of amides is 2. The van der Waals surface area contributed by atoms with Crippen LogP contribution in [0.4, 0.5) is 5.69 Å². The molecule has 0 unspecified atom stereocenters. The van der Waals surface area contributed by atoms with Crippen LogP contribution in [-0.2, 0) is 9.59 Å². The summed E-state index contributed by atoms with van der Waals surface area (Å²) in [4.78, 5) is 24.6. The molecule has 6 heteroatoms. The number of hydrogen-bond donors (Lipinski definition) is 3. The highest BCUT2D eigenvalue weighted by Gasteiger charge is 2.36. The number of fused-ring (bicyclic) bond motifs is 1. The van der Waals surface area contributed by atoms with Gasteiger partial charge in [-0.25, -0.2) is 0 Å². The van der Waals surface area contributed by atoms with Crippen LogP contribution in [-0.4, -0.2) is 36.5 Å². The summed E-state index contributed by atoms with van der Waals surface area (Å²) in [5.41, 5.74) is 0.635. The lowest BCUT2D eigenvalue weighted by atomic mass is 9.87. The zero-order chi connectivity index (χ0) is 16.9. The second-order valence-corrected chi connectivity index (χ2v) is 6.41. The van der Waals surface area contributed by atoms with E-state index in [2.05, 4.69) is 16.0 Å². The Morgan fingerprint density at radius 2 is 2.00 bits per heavy atom. The molecule has 3 atom stereocenters. The number of ether oxygens (including phenoxy) is 1. The monoisotopic (exact) mass is 331 g/mol. The van der Waals surface area contributed by atoms with E-state index in [0.29, 0.717) is 18.0 Å². The minimum atomic E-state index is -0.469. The number of piperazine rings is 1. The van der Waals surface area contributed by atoms with Crippen LogP contribution < -0.4 is 20.7 Å². The number of rotatable bonds is 5. The van der Waals surface area contributed by atoms with Gasteiger partial charge in [-0.2, -0.15) is 0 Å². The molecular weight excluding hydrogens is 306 g/mol. The topological polar surface area (TPSA) is 79.5 Å². The van der Waals surface area contributed by atoms with Crippen LogP contribution in [0.3, 0.4) is 0 Å². The number of carbonyl (C=O) groups excluding carboxylic acids is 2. The molecule has 3 N–H and O–H groups in total. The number of nitrogens with one attached hydrogen (secondary N) is 3. The van der Waals surface area contributed by atoms with Crippen molar-refractivity contribution >= 4 is 17.5 Å². The highest BCUT2D eigenvalue weighted by molar-refractivity contribution is 5.96. The Kier molecular flexibility index (Phi) is 5.35. The molecule has 0 bridgehead atoms. The molecule has 1 aromatic carbocycles. The van der Waals surface area contributed by atoms with Crippen LogP contribution in [0.15, 0.2) is 24.3 Å². The van der Waals surface area contributed by atoms with E-state index in [1.165, 1.54) is 6.42 Å². The number of benzene rings is 1. The van der Waals surface area contributed by atoms with E-state index < -0.39 is 6.04 Å². The Morgan fingerprint density at radius 3 is 2.79 bits per heavy atom. The minimum absolute atomic E-state index is 0.0774. The lowest BCUT2D eigenvalue weighted by Crippen LogP contribution is -2.65. The Bertz CT molecular complexity index is 605. The van der Waals surface area contributed by atoms with Crippen molar-refractivity contribution in [2.24, 2.45) is 0 Å². The van der Waals surface area contributed by atoms with Gasteiger partial charge >= 0.3 is 0 Å². The molecule has 1 heterocycles. The van der Waals surface area contributed by atoms with Crippen molar-refractivity contribution in [3.05, 3.63) is 24.3 Å². The maximum Gasteiger partial charge on any atom is 0.237 e. The van der Waals surface area contributed by atoms with Gasteiger partial charge in [-0.05, 0) is 31.9 Å². The molecule has 1 saturated heterocycles. The van der Waals surface area contributed by atoms with E-state index in [4.69, 9.17) is 4.74 Å². The lowest BCUT2D eigenvalue weighted by molar-refractivity contribution is -0.129. The van der Waals surface area contributed by atoms with Crippen molar-refractivity contribution in [1.29, 1.82) is 0 Å². The van der Waals surface area contributed by atoms with Gasteiger partial charge in [0.25, 0.3) is 0 Å². The summed E-state index contributed by atoms with van der Waals surface area (Å²) in [5.74, 6) is 0.372. The van der Waals surface area contributed by atoms with Crippen molar-refractivity contribution in [2.45, 2.75) is 57.2 Å². The third-order valence-corrected chi connectivity index (χ3v) is 4.68. The van der Waals surface area contributed by atoms with E-state index in [9.17, 15) is 9.59 Å². The highest BCUT2D eigenvalue weighted by atomic mass is 16.5. The van der Waals surface area contributed by atoms with Gasteiger partial charge in [0.1, 0.15) is 5.75 Å². The van der Waals surface area contributed by atoms with Crippen molar-refractivity contribution in [3.63, 3.8) is 0 Å². The van der Waals surface area contributed by atoms with Gasteiger partial charge in [-0.15, -0.1) is 0 Å². The molecule has 2 fully saturated rings. The van der Waals surface area contributed by atoms with Crippen LogP contribution in [0.1, 0.15) is 39.0 Å². The summed E-state index contributed by atoms with van der Waals surface area (Å²) in [6.45, 7) is 2.43. The normalized spacial score (nSPS) is 26.2. The fourth-order valence-corrected chi connectivity index (χ4v) is 3.51. The van der Waals surface area contributed by atoms with Crippen molar-refractivity contribution < 1.29 is 14.3 Å². The first-order valence-electron chi connectivity index (χ1n) is 8.75. The molecule has 1 saturated carbocycles. The van der Waals surface area contributed by atoms with E-state index in [1.54, 1.807) is 6.07 Å². The average molecular weight is 331 g/mol. The molecule has 1 aliphatic carbocycles. The molecule has 1 aliphatic heterocycles. The third-order valence-electron chi connectivity index (χ3n) is 4.68. The van der Waals surface area contributed by atoms with E-state index >= 15 is 0 Å². The number of anilines is 1. The third kappa shape index (κ3) is 3.87. The maximum atomic E-state index is 12.4. The summed E-state index contributed by atoms with van der Waals surface area (Å²) in [6.07, 6.45) is 4.52. The van der Waals surface area contributed by atoms with E-state index in [-0.39, 0.29) is 30.3 Å². The Balaban J connectivity index is 1.59. The highest BCUT2D eigenvalue weighted by Crippen LogP contribution is 2.25. The minimum Gasteiger partial charge on any atom is -0.492 e. The van der Waals surface area contributed by atoms with Crippen LogP contribution >= 0.6 is 0 Å². The van der Waals surface area contributed by atoms with Crippen LogP contribution in [0.5, 0.6) is 5.75 Å². The van der Waals surface area contributed by atoms with Crippen molar-refractivity contribution in [3.8, 4) is 5.75 Å². The zero-order valence-corrected chi connectivity index (χ0v) is 14.0. The van der Waals surface area contributed by atoms with Gasteiger partial charge in [-0.1, -0.05) is 25.0 Å². The maximum absolute atomic E-state index is 12.4. The zero-order valence-electron chi connectivity index (χ0n) is 14.0. The van der Waals surface area contributed by atoms with Crippen LogP contribution in [0.2, 0.25) is 0 Å². The first-order valence-corrected chi connectivity index (χ1v) is 8.75. The Hall–Kier alpha value is -2.08. The Morgan fingerprint density at radius 1 is 1.25 bits per heavy atom. The fraction of sp³-hybridized carbons (Fsp3) is 0.556. The summed E-state index contributed by atoms with van der Waals surface area (Å²) in [5, 5.41) is 9.27. The quantitative estimate of drug-likeness (QED) is 0.769. The number of para-hydroxylation sites is 2. The average Bonchev–Trinajstić information content (AvgIpc) is 2.57. The van der Waals surface area contributed by atoms with Crippen molar-refractivity contribution in [2.75, 3.05) is 11.9 Å². The molecule has 1 aromatic rings. The predicted molar refractivity (Wildman–Crippen MR) is 92.0 cm³/mol. The number of carbonyl (C=O) groups is 2. The van der Waals surface area contributed by atoms with E-state index in [0.717, 1.165) is 19.3 Å². The van der Waals surface area contributed by atoms with Gasteiger partial charge in [0.05, 0.1) is 24.8 Å². The van der Waals surface area contributed by atoms with Crippen molar-refractivity contribution in [1.82, 2.24) is 10.6 Å². The molecule has 6 nitrogen and oxygen atoms in total. The molecule has 3 rings (SSSR count). The van der Waals surface area contributed by atoms with Crippen LogP contribution in [0.25, 0.3) is 0 Å². The van der Waals surface area contributed by atoms with E-state index in [1.807, 2.05) is 25.1 Å². The summed E-state index contributed by atoms with van der Waals surface area (Å²) < 4.78 is 5.51. The summed E-state index contributed by atoms with van der Waals surface area (Å²) >= 11 is 0. The SMILES string of the molecule is CCOc1ccccc1NC(=O)C[C@@H]1N[C@H]2CCCC[C@@H]2NC1=O. The van der Waals surface area contributed by atoms with Gasteiger partial charge in [-0.3, -0.25) is 9.59 Å². The number of hydrogen-bond acceptors (Lipinski definition) is 4. The standard InChI is InChI=1S/C18H25N3O3/c1-2-24-16-10-6-5-9-14(16)20-17(22)11-15-18(23)21-13-8-4-3-7-12(13)19-15/h5-6,9-10,12-13,15,19H,2-4,7-8,11H2,1H3,(H,20,22)(H,21,23)/t12-,13-,15-/m0/s1. The fourth-order valence-electron chi connectivity index (χ4n) is 3.51. The smallest absolute Gasteiger partial charge is 0.237 e. The first-order chi connectivity index (χ1) is 11.7. The molecule has 0 radical (unpaired) electrons. The molecular formula is C18H25N3O3. The van der Waals surface area contributed by atoms with Gasteiger partial charge in [0.2, 0.25) is 11.8 Å². The van der Waals surface area contributed by atoms with Gasteiger partial charge < -0.3 is 20.7 Å². The second-order valence-electron chi connectivity index (χ2n) is 6.41. The molecule has 2 amide bonds. The predicted octanol–water partition coefficient (Wildman–Crippen LogP) is 1.81. The van der Waals surface area contributed by atoms with Gasteiger partial charge in [0, 0.05) is 12.1 Å². The lowest BCUT2D eigenvalue weighted by Gasteiger charge is -2.40. The first kappa shape index (κ1) is 16.8.